The Morgan fingerprint density at radius 3 is 2.00 bits per heavy atom. The van der Waals surface area contributed by atoms with E-state index >= 15 is 0 Å². The maximum absolute atomic E-state index is 6.09. The van der Waals surface area contributed by atoms with E-state index in [9.17, 15) is 0 Å². The highest BCUT2D eigenvalue weighted by Gasteiger charge is 2.45. The van der Waals surface area contributed by atoms with Crippen molar-refractivity contribution in [3.8, 4) is 0 Å². The molecule has 0 spiro atoms. The Bertz CT molecular complexity index is 918. The number of nitrogens with zero attached hydrogens (tertiary/aromatic N) is 2. The Balaban J connectivity index is 1.34. The first-order valence-electron chi connectivity index (χ1n) is 10.4. The standard InChI is InChI=1S/C24H27ClN4O2/c25-22-21(26)23(28-17-27-22)29-20-11-24(12-20,15-30-13-18-7-3-1-4-8-18)16-31-14-19-9-5-2-6-10-19/h1-10,17,20H,11-16,26H2,(H,27,28,29). The fourth-order valence-electron chi connectivity index (χ4n) is 3.97. The van der Waals surface area contributed by atoms with Crippen LogP contribution in [-0.4, -0.2) is 29.2 Å². The SMILES string of the molecule is Nc1c(Cl)ncnc1NC1CC(COCc2ccccc2)(COCc2ccccc2)C1. The van der Waals surface area contributed by atoms with Crippen molar-refractivity contribution in [2.75, 3.05) is 24.3 Å². The summed E-state index contributed by atoms with van der Waals surface area (Å²) in [4.78, 5) is 8.13. The zero-order chi connectivity index (χ0) is 21.5. The van der Waals surface area contributed by atoms with Crippen LogP contribution in [0.4, 0.5) is 11.5 Å². The Kier molecular flexibility index (Phi) is 7.02. The first-order chi connectivity index (χ1) is 15.1. The largest absolute Gasteiger partial charge is 0.393 e. The number of nitrogen functional groups attached to an aromatic ring is 1. The zero-order valence-corrected chi connectivity index (χ0v) is 18.1. The Morgan fingerprint density at radius 2 is 1.45 bits per heavy atom. The van der Waals surface area contributed by atoms with Crippen LogP contribution in [0.3, 0.4) is 0 Å². The molecule has 1 aliphatic carbocycles. The number of anilines is 2. The smallest absolute Gasteiger partial charge is 0.157 e. The van der Waals surface area contributed by atoms with E-state index in [0.29, 0.717) is 37.9 Å². The van der Waals surface area contributed by atoms with Crippen LogP contribution in [0.25, 0.3) is 0 Å². The number of rotatable bonds is 10. The van der Waals surface area contributed by atoms with Gasteiger partial charge in [0.15, 0.2) is 11.0 Å². The molecule has 31 heavy (non-hydrogen) atoms. The first-order valence-corrected chi connectivity index (χ1v) is 10.8. The average Bonchev–Trinajstić information content (AvgIpc) is 2.77. The minimum atomic E-state index is -0.0488. The molecule has 0 bridgehead atoms. The van der Waals surface area contributed by atoms with E-state index in [2.05, 4.69) is 39.6 Å². The van der Waals surface area contributed by atoms with Gasteiger partial charge in [0.2, 0.25) is 0 Å². The van der Waals surface area contributed by atoms with Crippen molar-refractivity contribution in [3.63, 3.8) is 0 Å². The number of aromatic nitrogens is 2. The quantitative estimate of drug-likeness (QED) is 0.446. The molecule has 1 aliphatic rings. The molecule has 162 valence electrons. The summed E-state index contributed by atoms with van der Waals surface area (Å²) < 4.78 is 12.2. The van der Waals surface area contributed by atoms with Crippen LogP contribution in [-0.2, 0) is 22.7 Å². The number of benzene rings is 2. The van der Waals surface area contributed by atoms with Gasteiger partial charge < -0.3 is 20.5 Å². The van der Waals surface area contributed by atoms with E-state index in [1.165, 1.54) is 17.5 Å². The lowest BCUT2D eigenvalue weighted by Crippen LogP contribution is -2.51. The normalized spacial score (nSPS) is 15.4. The third-order valence-corrected chi connectivity index (χ3v) is 5.88. The molecule has 6 nitrogen and oxygen atoms in total. The fraction of sp³-hybridized carbons (Fsp3) is 0.333. The number of ether oxygens (including phenoxy) is 2. The van der Waals surface area contributed by atoms with Crippen LogP contribution >= 0.6 is 11.6 Å². The van der Waals surface area contributed by atoms with Crippen LogP contribution in [0.5, 0.6) is 0 Å². The second-order valence-electron chi connectivity index (χ2n) is 8.13. The van der Waals surface area contributed by atoms with E-state index < -0.39 is 0 Å². The molecule has 1 aromatic heterocycles. The van der Waals surface area contributed by atoms with Crippen molar-refractivity contribution in [1.82, 2.24) is 9.97 Å². The van der Waals surface area contributed by atoms with Gasteiger partial charge in [-0.2, -0.15) is 0 Å². The van der Waals surface area contributed by atoms with E-state index in [0.717, 1.165) is 12.8 Å². The summed E-state index contributed by atoms with van der Waals surface area (Å²) in [5.74, 6) is 0.578. The molecule has 1 saturated carbocycles. The first kappa shape index (κ1) is 21.6. The van der Waals surface area contributed by atoms with Crippen molar-refractivity contribution in [2.24, 2.45) is 5.41 Å². The van der Waals surface area contributed by atoms with Gasteiger partial charge >= 0.3 is 0 Å². The highest BCUT2D eigenvalue weighted by Crippen LogP contribution is 2.44. The van der Waals surface area contributed by atoms with Gasteiger partial charge in [0, 0.05) is 11.5 Å². The lowest BCUT2D eigenvalue weighted by atomic mass is 9.66. The third kappa shape index (κ3) is 5.73. The van der Waals surface area contributed by atoms with Crippen molar-refractivity contribution >= 4 is 23.1 Å². The zero-order valence-electron chi connectivity index (χ0n) is 17.3. The molecule has 2 aromatic carbocycles. The second-order valence-corrected chi connectivity index (χ2v) is 8.49. The molecule has 0 aliphatic heterocycles. The highest BCUT2D eigenvalue weighted by molar-refractivity contribution is 6.32. The summed E-state index contributed by atoms with van der Waals surface area (Å²) >= 11 is 6.01. The molecule has 3 aromatic rings. The molecule has 1 heterocycles. The predicted octanol–water partition coefficient (Wildman–Crippen LogP) is 4.71. The molecule has 4 rings (SSSR count). The predicted molar refractivity (Wildman–Crippen MR) is 123 cm³/mol. The topological polar surface area (TPSA) is 82.3 Å². The molecule has 3 N–H and O–H groups in total. The van der Waals surface area contributed by atoms with Crippen LogP contribution in [0.1, 0.15) is 24.0 Å². The van der Waals surface area contributed by atoms with E-state index in [4.69, 9.17) is 26.8 Å². The minimum Gasteiger partial charge on any atom is -0.393 e. The number of hydrogen-bond donors (Lipinski definition) is 2. The van der Waals surface area contributed by atoms with Gasteiger partial charge in [-0.1, -0.05) is 72.3 Å². The summed E-state index contributed by atoms with van der Waals surface area (Å²) in [5, 5.41) is 3.65. The van der Waals surface area contributed by atoms with Crippen molar-refractivity contribution < 1.29 is 9.47 Å². The minimum absolute atomic E-state index is 0.0488. The number of nitrogens with one attached hydrogen (secondary N) is 1. The lowest BCUT2D eigenvalue weighted by molar-refractivity contribution is -0.0791. The molecule has 0 radical (unpaired) electrons. The lowest BCUT2D eigenvalue weighted by Gasteiger charge is -2.47. The summed E-state index contributed by atoms with van der Waals surface area (Å²) in [6, 6.07) is 20.7. The molecular formula is C24H27ClN4O2. The van der Waals surface area contributed by atoms with E-state index in [1.54, 1.807) is 0 Å². The summed E-state index contributed by atoms with van der Waals surface area (Å²) in [6.45, 7) is 2.45. The molecule has 0 unspecified atom stereocenters. The van der Waals surface area contributed by atoms with Crippen molar-refractivity contribution in [2.45, 2.75) is 32.1 Å². The van der Waals surface area contributed by atoms with Gasteiger partial charge in [-0.25, -0.2) is 9.97 Å². The molecule has 7 heteroatoms. The Morgan fingerprint density at radius 1 is 0.903 bits per heavy atom. The maximum Gasteiger partial charge on any atom is 0.157 e. The fourth-order valence-corrected chi connectivity index (χ4v) is 4.10. The van der Waals surface area contributed by atoms with E-state index in [-0.39, 0.29) is 16.6 Å². The van der Waals surface area contributed by atoms with Gasteiger partial charge in [-0.05, 0) is 24.0 Å². The van der Waals surface area contributed by atoms with E-state index in [1.807, 2.05) is 36.4 Å². The summed E-state index contributed by atoms with van der Waals surface area (Å²) in [5.41, 5.74) is 8.66. The maximum atomic E-state index is 6.09. The van der Waals surface area contributed by atoms with Crippen molar-refractivity contribution in [3.05, 3.63) is 83.3 Å². The van der Waals surface area contributed by atoms with Crippen LogP contribution in [0, 0.1) is 5.41 Å². The van der Waals surface area contributed by atoms with Gasteiger partial charge in [0.1, 0.15) is 12.0 Å². The van der Waals surface area contributed by atoms with Crippen LogP contribution < -0.4 is 11.1 Å². The van der Waals surface area contributed by atoms with Crippen LogP contribution in [0.2, 0.25) is 5.15 Å². The summed E-state index contributed by atoms with van der Waals surface area (Å²) in [6.07, 6.45) is 3.22. The van der Waals surface area contributed by atoms with Gasteiger partial charge in [0.25, 0.3) is 0 Å². The van der Waals surface area contributed by atoms with Crippen molar-refractivity contribution in [1.29, 1.82) is 0 Å². The highest BCUT2D eigenvalue weighted by atomic mass is 35.5. The molecule has 1 fully saturated rings. The summed E-state index contributed by atoms with van der Waals surface area (Å²) in [7, 11) is 0. The molecule has 0 amide bonds. The average molecular weight is 439 g/mol. The molecular weight excluding hydrogens is 412 g/mol. The Hall–Kier alpha value is -2.67. The van der Waals surface area contributed by atoms with Gasteiger partial charge in [-0.15, -0.1) is 0 Å². The van der Waals surface area contributed by atoms with Crippen LogP contribution in [0.15, 0.2) is 67.0 Å². The number of halogens is 1. The van der Waals surface area contributed by atoms with Gasteiger partial charge in [-0.3, -0.25) is 0 Å². The Labute approximate surface area is 187 Å². The molecule has 0 atom stereocenters. The second kappa shape index (κ2) is 10.1. The van der Waals surface area contributed by atoms with Gasteiger partial charge in [0.05, 0.1) is 26.4 Å². The number of nitrogens with two attached hydrogens (primary N) is 1. The number of hydrogen-bond acceptors (Lipinski definition) is 6. The molecule has 0 saturated heterocycles. The third-order valence-electron chi connectivity index (χ3n) is 5.57. The monoisotopic (exact) mass is 438 g/mol.